The lowest BCUT2D eigenvalue weighted by Gasteiger charge is -2.20. The zero-order valence-electron chi connectivity index (χ0n) is 8.89. The number of hydrogen-bond donors (Lipinski definition) is 4. The minimum Gasteiger partial charge on any atom is -0.326 e. The monoisotopic (exact) mass is 220 g/mol. The third-order valence-electron chi connectivity index (χ3n) is 2.97. The van der Waals surface area contributed by atoms with Gasteiger partial charge in [0.15, 0.2) is 0 Å². The number of nitrogens with two attached hydrogens (primary N) is 2. The molecule has 0 aromatic heterocycles. The molecule has 0 saturated carbocycles. The van der Waals surface area contributed by atoms with Crippen LogP contribution in [0.25, 0.3) is 0 Å². The first-order valence-corrected chi connectivity index (χ1v) is 5.27. The maximum absolute atomic E-state index is 10.9. The molecule has 1 saturated heterocycles. The van der Waals surface area contributed by atoms with Gasteiger partial charge in [-0.05, 0) is 11.1 Å². The molecule has 1 aromatic carbocycles. The van der Waals surface area contributed by atoms with Crippen molar-refractivity contribution in [3.63, 3.8) is 0 Å². The average molecular weight is 220 g/mol. The number of carbonyl (C=O) groups is 1. The summed E-state index contributed by atoms with van der Waals surface area (Å²) in [6.07, 6.45) is 0.598. The van der Waals surface area contributed by atoms with Crippen LogP contribution in [-0.2, 0) is 11.3 Å². The topological polar surface area (TPSA) is 93.2 Å². The summed E-state index contributed by atoms with van der Waals surface area (Å²) in [6.45, 7) is 0.449. The molecular formula is C11H16N4O. The summed E-state index contributed by atoms with van der Waals surface area (Å²) >= 11 is 0. The molecule has 0 bridgehead atoms. The number of rotatable bonds is 3. The van der Waals surface area contributed by atoms with Gasteiger partial charge < -0.3 is 16.3 Å². The average Bonchev–Trinajstić information content (AvgIpc) is 2.70. The third kappa shape index (κ3) is 1.85. The molecule has 5 heteroatoms. The van der Waals surface area contributed by atoms with Crippen LogP contribution >= 0.6 is 0 Å². The Balaban J connectivity index is 2.37. The van der Waals surface area contributed by atoms with Gasteiger partial charge in [0.1, 0.15) is 6.29 Å². The van der Waals surface area contributed by atoms with E-state index in [4.69, 9.17) is 11.5 Å². The van der Waals surface area contributed by atoms with E-state index in [-0.39, 0.29) is 18.1 Å². The van der Waals surface area contributed by atoms with Crippen LogP contribution in [0.1, 0.15) is 17.0 Å². The molecular weight excluding hydrogens is 204 g/mol. The summed E-state index contributed by atoms with van der Waals surface area (Å²) in [6, 6.07) is 7.49. The molecule has 1 heterocycles. The van der Waals surface area contributed by atoms with Gasteiger partial charge in [-0.3, -0.25) is 0 Å². The molecule has 0 amide bonds. The number of hydrazine groups is 1. The van der Waals surface area contributed by atoms with Gasteiger partial charge in [0, 0.05) is 12.5 Å². The van der Waals surface area contributed by atoms with Crippen molar-refractivity contribution in [2.75, 3.05) is 0 Å². The molecule has 16 heavy (non-hydrogen) atoms. The quantitative estimate of drug-likeness (QED) is 0.500. The van der Waals surface area contributed by atoms with Gasteiger partial charge in [0.05, 0.1) is 12.2 Å². The Morgan fingerprint density at radius 2 is 2.06 bits per heavy atom. The molecule has 86 valence electrons. The summed E-state index contributed by atoms with van der Waals surface area (Å²) in [5.74, 6) is -0.0720. The van der Waals surface area contributed by atoms with E-state index in [0.717, 1.165) is 17.4 Å². The highest BCUT2D eigenvalue weighted by molar-refractivity contribution is 5.61. The van der Waals surface area contributed by atoms with E-state index in [0.29, 0.717) is 6.54 Å². The standard InChI is InChI=1S/C11H16N4O/c12-5-7-3-1-2-4-8(7)10-9(6-16)14-15-11(10)13/h1-4,6,9-11,14-15H,5,12-13H2. The van der Waals surface area contributed by atoms with Crippen LogP contribution in [-0.4, -0.2) is 18.5 Å². The molecule has 0 aliphatic carbocycles. The highest BCUT2D eigenvalue weighted by Gasteiger charge is 2.35. The lowest BCUT2D eigenvalue weighted by molar-refractivity contribution is -0.109. The number of nitrogens with one attached hydrogen (secondary N) is 2. The van der Waals surface area contributed by atoms with Crippen molar-refractivity contribution in [3.05, 3.63) is 35.4 Å². The first-order chi connectivity index (χ1) is 7.77. The van der Waals surface area contributed by atoms with Gasteiger partial charge in [-0.15, -0.1) is 0 Å². The Kier molecular flexibility index (Phi) is 3.31. The first kappa shape index (κ1) is 11.2. The van der Waals surface area contributed by atoms with Gasteiger partial charge in [0.25, 0.3) is 0 Å². The van der Waals surface area contributed by atoms with Crippen LogP contribution in [0.5, 0.6) is 0 Å². The lowest BCUT2D eigenvalue weighted by atomic mass is 9.88. The Hall–Kier alpha value is -1.27. The number of carbonyl (C=O) groups excluding carboxylic acids is 1. The first-order valence-electron chi connectivity index (χ1n) is 5.27. The van der Waals surface area contributed by atoms with Crippen molar-refractivity contribution >= 4 is 6.29 Å². The normalized spacial score (nSPS) is 29.2. The SMILES string of the molecule is NCc1ccccc1C1C(N)NNC1C=O. The fourth-order valence-corrected chi connectivity index (χ4v) is 2.15. The van der Waals surface area contributed by atoms with Gasteiger partial charge in [-0.25, -0.2) is 10.9 Å². The van der Waals surface area contributed by atoms with Crippen molar-refractivity contribution in [3.8, 4) is 0 Å². The highest BCUT2D eigenvalue weighted by Crippen LogP contribution is 2.26. The van der Waals surface area contributed by atoms with E-state index in [2.05, 4.69) is 10.9 Å². The molecule has 3 unspecified atom stereocenters. The summed E-state index contributed by atoms with van der Waals surface area (Å²) in [7, 11) is 0. The van der Waals surface area contributed by atoms with Crippen LogP contribution in [0.3, 0.4) is 0 Å². The van der Waals surface area contributed by atoms with Crippen LogP contribution in [0.2, 0.25) is 0 Å². The molecule has 2 rings (SSSR count). The number of aldehydes is 1. The second-order valence-electron chi connectivity index (χ2n) is 3.91. The molecule has 3 atom stereocenters. The van der Waals surface area contributed by atoms with Gasteiger partial charge >= 0.3 is 0 Å². The highest BCUT2D eigenvalue weighted by atomic mass is 16.1. The number of hydrogen-bond acceptors (Lipinski definition) is 5. The number of benzene rings is 1. The molecule has 0 radical (unpaired) electrons. The van der Waals surface area contributed by atoms with E-state index in [1.165, 1.54) is 0 Å². The van der Waals surface area contributed by atoms with Crippen LogP contribution < -0.4 is 22.3 Å². The predicted molar refractivity (Wildman–Crippen MR) is 61.2 cm³/mol. The van der Waals surface area contributed by atoms with Crippen molar-refractivity contribution in [1.82, 2.24) is 10.9 Å². The second kappa shape index (κ2) is 4.71. The van der Waals surface area contributed by atoms with E-state index in [1.54, 1.807) is 0 Å². The largest absolute Gasteiger partial charge is 0.326 e. The maximum atomic E-state index is 10.9. The minimum atomic E-state index is -0.303. The van der Waals surface area contributed by atoms with Gasteiger partial charge in [0.2, 0.25) is 0 Å². The fourth-order valence-electron chi connectivity index (χ4n) is 2.15. The summed E-state index contributed by atoms with van der Waals surface area (Å²) in [5.41, 5.74) is 19.4. The summed E-state index contributed by atoms with van der Waals surface area (Å²) < 4.78 is 0. The third-order valence-corrected chi connectivity index (χ3v) is 2.97. The van der Waals surface area contributed by atoms with E-state index >= 15 is 0 Å². The van der Waals surface area contributed by atoms with Gasteiger partial charge in [-0.1, -0.05) is 24.3 Å². The predicted octanol–water partition coefficient (Wildman–Crippen LogP) is -0.811. The smallest absolute Gasteiger partial charge is 0.138 e. The van der Waals surface area contributed by atoms with E-state index in [9.17, 15) is 4.79 Å². The van der Waals surface area contributed by atoms with Crippen molar-refractivity contribution in [2.24, 2.45) is 11.5 Å². The lowest BCUT2D eigenvalue weighted by Crippen LogP contribution is -2.38. The van der Waals surface area contributed by atoms with Crippen LogP contribution in [0.15, 0.2) is 24.3 Å². The molecule has 0 spiro atoms. The Bertz CT molecular complexity index is 382. The molecule has 6 N–H and O–H groups in total. The van der Waals surface area contributed by atoms with E-state index in [1.807, 2.05) is 24.3 Å². The maximum Gasteiger partial charge on any atom is 0.138 e. The Labute approximate surface area is 94.2 Å². The second-order valence-corrected chi connectivity index (χ2v) is 3.91. The Morgan fingerprint density at radius 1 is 1.31 bits per heavy atom. The summed E-state index contributed by atoms with van der Waals surface area (Å²) in [5, 5.41) is 0. The van der Waals surface area contributed by atoms with Crippen molar-refractivity contribution in [2.45, 2.75) is 24.7 Å². The molecule has 5 nitrogen and oxygen atoms in total. The minimum absolute atomic E-state index is 0.0720. The Morgan fingerprint density at radius 3 is 2.75 bits per heavy atom. The fraction of sp³-hybridized carbons (Fsp3) is 0.364. The van der Waals surface area contributed by atoms with Crippen LogP contribution in [0, 0.1) is 0 Å². The van der Waals surface area contributed by atoms with E-state index < -0.39 is 0 Å². The van der Waals surface area contributed by atoms with Crippen molar-refractivity contribution in [1.29, 1.82) is 0 Å². The zero-order chi connectivity index (χ0) is 11.5. The van der Waals surface area contributed by atoms with Crippen molar-refractivity contribution < 1.29 is 4.79 Å². The van der Waals surface area contributed by atoms with Gasteiger partial charge in [-0.2, -0.15) is 0 Å². The molecule has 1 aromatic rings. The van der Waals surface area contributed by atoms with Crippen LogP contribution in [0.4, 0.5) is 0 Å². The molecule has 1 fully saturated rings. The molecule has 1 aliphatic rings. The molecule has 1 aliphatic heterocycles. The summed E-state index contributed by atoms with van der Waals surface area (Å²) in [4.78, 5) is 10.9. The zero-order valence-corrected chi connectivity index (χ0v) is 8.89.